The normalized spacial score (nSPS) is 30.4. The first-order valence-corrected chi connectivity index (χ1v) is 9.65. The predicted molar refractivity (Wildman–Crippen MR) is 96.7 cm³/mol. The van der Waals surface area contributed by atoms with E-state index in [1.165, 1.54) is 50.5 Å². The average molecular weight is 316 g/mol. The highest BCUT2D eigenvalue weighted by atomic mass is 16.3. The van der Waals surface area contributed by atoms with Crippen molar-refractivity contribution in [2.75, 3.05) is 6.61 Å². The monoisotopic (exact) mass is 315 g/mol. The summed E-state index contributed by atoms with van der Waals surface area (Å²) in [6.07, 6.45) is 12.4. The van der Waals surface area contributed by atoms with Gasteiger partial charge in [-0.25, -0.2) is 0 Å². The summed E-state index contributed by atoms with van der Waals surface area (Å²) in [5.74, 6) is 1.44. The van der Waals surface area contributed by atoms with Gasteiger partial charge in [0.05, 0.1) is 6.61 Å². The van der Waals surface area contributed by atoms with Gasteiger partial charge in [0.25, 0.3) is 0 Å². The van der Waals surface area contributed by atoms with Crippen molar-refractivity contribution < 1.29 is 5.11 Å². The zero-order chi connectivity index (χ0) is 16.3. The predicted octanol–water partition coefficient (Wildman–Crippen LogP) is 4.33. The van der Waals surface area contributed by atoms with Gasteiger partial charge in [0.15, 0.2) is 0 Å². The van der Waals surface area contributed by atoms with Crippen LogP contribution in [0.3, 0.4) is 0 Å². The molecule has 2 aliphatic carbocycles. The van der Waals surface area contributed by atoms with E-state index >= 15 is 0 Å². The Hall–Kier alpha value is -0.860. The largest absolute Gasteiger partial charge is 0.394 e. The molecule has 1 unspecified atom stereocenters. The molecule has 0 bridgehead atoms. The highest BCUT2D eigenvalue weighted by Crippen LogP contribution is 2.40. The molecule has 0 amide bonds. The number of aliphatic hydroxyl groups excluding tert-OH is 1. The van der Waals surface area contributed by atoms with Gasteiger partial charge >= 0.3 is 0 Å². The third-order valence-electron chi connectivity index (χ3n) is 6.21. The molecule has 1 aromatic rings. The van der Waals surface area contributed by atoms with Crippen molar-refractivity contribution in [3.63, 3.8) is 0 Å². The van der Waals surface area contributed by atoms with Gasteiger partial charge in [-0.2, -0.15) is 0 Å². The van der Waals surface area contributed by atoms with Crippen LogP contribution in [-0.2, 0) is 12.8 Å². The Morgan fingerprint density at radius 3 is 2.83 bits per heavy atom. The van der Waals surface area contributed by atoms with E-state index in [1.54, 1.807) is 11.1 Å². The Morgan fingerprint density at radius 2 is 2.09 bits per heavy atom. The van der Waals surface area contributed by atoms with Crippen molar-refractivity contribution in [2.45, 2.75) is 82.6 Å². The molecular formula is C21H33NO. The van der Waals surface area contributed by atoms with E-state index in [-0.39, 0.29) is 12.1 Å². The van der Waals surface area contributed by atoms with E-state index in [0.717, 1.165) is 25.2 Å². The number of rotatable bonds is 6. The van der Waals surface area contributed by atoms with E-state index < -0.39 is 0 Å². The Bertz CT molecular complexity index is 527. The Labute approximate surface area is 141 Å². The molecule has 0 aromatic heterocycles. The van der Waals surface area contributed by atoms with Crippen LogP contribution in [0.1, 0.15) is 80.9 Å². The van der Waals surface area contributed by atoms with Crippen LogP contribution in [0.25, 0.3) is 0 Å². The molecule has 3 N–H and O–H groups in total. The summed E-state index contributed by atoms with van der Waals surface area (Å²) in [5.41, 5.74) is 10.5. The number of fused-ring (bicyclic) bond motifs is 1. The van der Waals surface area contributed by atoms with Crippen LogP contribution in [-0.4, -0.2) is 17.3 Å². The minimum absolute atomic E-state index is 0.119. The van der Waals surface area contributed by atoms with Crippen molar-refractivity contribution >= 4 is 0 Å². The van der Waals surface area contributed by atoms with Crippen molar-refractivity contribution in [2.24, 2.45) is 11.7 Å². The Morgan fingerprint density at radius 1 is 1.22 bits per heavy atom. The van der Waals surface area contributed by atoms with Gasteiger partial charge in [-0.15, -0.1) is 0 Å². The SMILES string of the molecule is CCCCCC1CCc2cc([C@H]3CC[C@](N)(CO)C3)ccc2C1. The van der Waals surface area contributed by atoms with E-state index in [0.29, 0.717) is 5.92 Å². The van der Waals surface area contributed by atoms with Gasteiger partial charge in [-0.1, -0.05) is 50.8 Å². The molecule has 0 spiro atoms. The summed E-state index contributed by atoms with van der Waals surface area (Å²) in [6, 6.07) is 7.17. The molecule has 3 rings (SSSR count). The van der Waals surface area contributed by atoms with E-state index in [4.69, 9.17) is 5.73 Å². The fourth-order valence-electron chi connectivity index (χ4n) is 4.62. The van der Waals surface area contributed by atoms with Crippen molar-refractivity contribution in [1.82, 2.24) is 0 Å². The maximum absolute atomic E-state index is 9.47. The lowest BCUT2D eigenvalue weighted by Gasteiger charge is -2.26. The van der Waals surface area contributed by atoms with Crippen LogP contribution in [0.2, 0.25) is 0 Å². The number of hydrogen-bond acceptors (Lipinski definition) is 2. The lowest BCUT2D eigenvalue weighted by molar-refractivity contribution is 0.198. The van der Waals surface area contributed by atoms with Crippen molar-refractivity contribution in [3.05, 3.63) is 34.9 Å². The Kier molecular flexibility index (Phi) is 5.43. The number of nitrogens with two attached hydrogens (primary N) is 1. The van der Waals surface area contributed by atoms with Crippen LogP contribution in [0.15, 0.2) is 18.2 Å². The minimum atomic E-state index is -0.342. The molecule has 128 valence electrons. The third kappa shape index (κ3) is 3.97. The molecule has 1 fully saturated rings. The number of unbranched alkanes of at least 4 members (excludes halogenated alkanes) is 2. The quantitative estimate of drug-likeness (QED) is 0.768. The second-order valence-electron chi connectivity index (χ2n) is 8.09. The number of benzene rings is 1. The lowest BCUT2D eigenvalue weighted by atomic mass is 9.79. The molecule has 0 heterocycles. The van der Waals surface area contributed by atoms with Crippen LogP contribution in [0.5, 0.6) is 0 Å². The molecule has 1 aromatic carbocycles. The van der Waals surface area contributed by atoms with Crippen LogP contribution in [0.4, 0.5) is 0 Å². The first-order valence-electron chi connectivity index (χ1n) is 9.65. The summed E-state index contributed by atoms with van der Waals surface area (Å²) in [6.45, 7) is 2.40. The van der Waals surface area contributed by atoms with Crippen LogP contribution in [0, 0.1) is 5.92 Å². The van der Waals surface area contributed by atoms with E-state index in [2.05, 4.69) is 25.1 Å². The second kappa shape index (κ2) is 7.36. The van der Waals surface area contributed by atoms with Crippen molar-refractivity contribution in [1.29, 1.82) is 0 Å². The molecule has 0 radical (unpaired) electrons. The molecule has 23 heavy (non-hydrogen) atoms. The maximum Gasteiger partial charge on any atom is 0.0611 e. The third-order valence-corrected chi connectivity index (χ3v) is 6.21. The van der Waals surface area contributed by atoms with E-state index in [9.17, 15) is 5.11 Å². The standard InChI is InChI=1S/C21H33NO/c1-2-3-4-5-16-6-7-18-13-19(9-8-17(18)12-16)20-10-11-21(22,14-20)15-23/h8-9,13,16,20,23H,2-7,10-12,14-15,22H2,1H3/t16?,20-,21+/m0/s1. The van der Waals surface area contributed by atoms with Gasteiger partial charge in [-0.3, -0.25) is 0 Å². The second-order valence-corrected chi connectivity index (χ2v) is 8.09. The van der Waals surface area contributed by atoms with Gasteiger partial charge < -0.3 is 10.8 Å². The first-order chi connectivity index (χ1) is 11.1. The van der Waals surface area contributed by atoms with Gasteiger partial charge in [-0.05, 0) is 67.1 Å². The van der Waals surface area contributed by atoms with Gasteiger partial charge in [0.1, 0.15) is 0 Å². The molecule has 2 aliphatic rings. The molecule has 3 atom stereocenters. The van der Waals surface area contributed by atoms with Crippen LogP contribution < -0.4 is 5.73 Å². The number of aryl methyl sites for hydroxylation is 1. The fourth-order valence-corrected chi connectivity index (χ4v) is 4.62. The first kappa shape index (κ1) is 17.0. The summed E-state index contributed by atoms with van der Waals surface area (Å²) < 4.78 is 0. The maximum atomic E-state index is 9.47. The smallest absolute Gasteiger partial charge is 0.0611 e. The van der Waals surface area contributed by atoms with Gasteiger partial charge in [0.2, 0.25) is 0 Å². The zero-order valence-electron chi connectivity index (χ0n) is 14.7. The molecular weight excluding hydrogens is 282 g/mol. The number of hydrogen-bond donors (Lipinski definition) is 2. The van der Waals surface area contributed by atoms with Crippen LogP contribution >= 0.6 is 0 Å². The number of aliphatic hydroxyl groups is 1. The van der Waals surface area contributed by atoms with E-state index in [1.807, 2.05) is 0 Å². The summed E-state index contributed by atoms with van der Waals surface area (Å²) in [4.78, 5) is 0. The summed E-state index contributed by atoms with van der Waals surface area (Å²) in [5, 5.41) is 9.47. The fraction of sp³-hybridized carbons (Fsp3) is 0.714. The summed E-state index contributed by atoms with van der Waals surface area (Å²) in [7, 11) is 0. The molecule has 0 saturated heterocycles. The van der Waals surface area contributed by atoms with Crippen molar-refractivity contribution in [3.8, 4) is 0 Å². The highest BCUT2D eigenvalue weighted by molar-refractivity contribution is 5.36. The lowest BCUT2D eigenvalue weighted by Crippen LogP contribution is -2.40. The Balaban J connectivity index is 1.63. The molecule has 0 aliphatic heterocycles. The topological polar surface area (TPSA) is 46.2 Å². The average Bonchev–Trinajstić information content (AvgIpc) is 2.98. The minimum Gasteiger partial charge on any atom is -0.394 e. The molecule has 1 saturated carbocycles. The zero-order valence-corrected chi connectivity index (χ0v) is 14.7. The molecule has 2 heteroatoms. The van der Waals surface area contributed by atoms with Gasteiger partial charge in [0, 0.05) is 5.54 Å². The summed E-state index contributed by atoms with van der Waals surface area (Å²) >= 11 is 0. The molecule has 2 nitrogen and oxygen atoms in total. The highest BCUT2D eigenvalue weighted by Gasteiger charge is 2.36.